The van der Waals surface area contributed by atoms with Crippen molar-refractivity contribution in [3.63, 3.8) is 0 Å². The zero-order valence-electron chi connectivity index (χ0n) is 16.5. The maximum Gasteiger partial charge on any atom is 0.270 e. The molecular formula is C20H25N3O5S. The Morgan fingerprint density at radius 3 is 2.45 bits per heavy atom. The Morgan fingerprint density at radius 2 is 1.83 bits per heavy atom. The first-order valence-electron chi connectivity index (χ1n) is 9.43. The van der Waals surface area contributed by atoms with Gasteiger partial charge in [0.15, 0.2) is 0 Å². The second kappa shape index (κ2) is 8.89. The van der Waals surface area contributed by atoms with Crippen LogP contribution in [0.3, 0.4) is 0 Å². The average Bonchev–Trinajstić information content (AvgIpc) is 2.69. The third-order valence-electron chi connectivity index (χ3n) is 5.03. The molecule has 1 N–H and O–H groups in total. The number of aryl methyl sites for hydroxylation is 1. The summed E-state index contributed by atoms with van der Waals surface area (Å²) >= 11 is 0. The standard InChI is InChI=1S/C20H25N3O5S/c1-15-3-6-17(23(24)25)13-20(15)29(26,27)21-14-16-4-7-18(8-5-16)28-19-9-11-22(2)12-10-19/h3-8,13,19,21H,9-12,14H2,1-2H3. The van der Waals surface area contributed by atoms with Gasteiger partial charge in [-0.05, 0) is 50.1 Å². The van der Waals surface area contributed by atoms with Crippen molar-refractivity contribution in [1.29, 1.82) is 0 Å². The average molecular weight is 420 g/mol. The molecule has 9 heteroatoms. The first-order valence-corrected chi connectivity index (χ1v) is 10.9. The van der Waals surface area contributed by atoms with Gasteiger partial charge in [-0.2, -0.15) is 0 Å². The summed E-state index contributed by atoms with van der Waals surface area (Å²) in [5, 5.41) is 10.9. The second-order valence-electron chi connectivity index (χ2n) is 7.30. The van der Waals surface area contributed by atoms with Crippen molar-refractivity contribution in [1.82, 2.24) is 9.62 Å². The maximum absolute atomic E-state index is 12.6. The summed E-state index contributed by atoms with van der Waals surface area (Å²) in [6.07, 6.45) is 2.17. The van der Waals surface area contributed by atoms with Gasteiger partial charge in [0.2, 0.25) is 10.0 Å². The lowest BCUT2D eigenvalue weighted by atomic mass is 10.1. The van der Waals surface area contributed by atoms with Crippen LogP contribution >= 0.6 is 0 Å². The number of rotatable bonds is 7. The van der Waals surface area contributed by atoms with Gasteiger partial charge < -0.3 is 9.64 Å². The number of benzene rings is 2. The molecule has 2 aromatic carbocycles. The van der Waals surface area contributed by atoms with Gasteiger partial charge in [-0.1, -0.05) is 18.2 Å². The number of nitro groups is 1. The zero-order chi connectivity index (χ0) is 21.0. The quantitative estimate of drug-likeness (QED) is 0.547. The lowest BCUT2D eigenvalue weighted by molar-refractivity contribution is -0.385. The predicted molar refractivity (Wildman–Crippen MR) is 109 cm³/mol. The lowest BCUT2D eigenvalue weighted by Gasteiger charge is -2.29. The van der Waals surface area contributed by atoms with E-state index in [1.54, 1.807) is 6.92 Å². The van der Waals surface area contributed by atoms with E-state index < -0.39 is 14.9 Å². The molecule has 0 spiro atoms. The van der Waals surface area contributed by atoms with Crippen LogP contribution in [0.25, 0.3) is 0 Å². The molecule has 0 unspecified atom stereocenters. The molecule has 3 rings (SSSR count). The Kier molecular flexibility index (Phi) is 6.51. The second-order valence-corrected chi connectivity index (χ2v) is 9.03. The molecule has 0 bridgehead atoms. The van der Waals surface area contributed by atoms with Crippen LogP contribution in [0.2, 0.25) is 0 Å². The van der Waals surface area contributed by atoms with Gasteiger partial charge in [-0.25, -0.2) is 13.1 Å². The van der Waals surface area contributed by atoms with Crippen LogP contribution in [0.4, 0.5) is 5.69 Å². The van der Waals surface area contributed by atoms with Crippen LogP contribution in [-0.4, -0.2) is 44.5 Å². The van der Waals surface area contributed by atoms with E-state index in [9.17, 15) is 18.5 Å². The largest absolute Gasteiger partial charge is 0.490 e. The summed E-state index contributed by atoms with van der Waals surface area (Å²) in [6.45, 7) is 3.72. The minimum Gasteiger partial charge on any atom is -0.490 e. The predicted octanol–water partition coefficient (Wildman–Crippen LogP) is 2.85. The summed E-state index contributed by atoms with van der Waals surface area (Å²) in [7, 11) is -1.78. The molecule has 1 heterocycles. The number of sulfonamides is 1. The molecule has 0 amide bonds. The van der Waals surface area contributed by atoms with Crippen LogP contribution in [0.1, 0.15) is 24.0 Å². The Hall–Kier alpha value is -2.49. The summed E-state index contributed by atoms with van der Waals surface area (Å²) in [4.78, 5) is 12.5. The van der Waals surface area contributed by atoms with Gasteiger partial charge in [0.05, 0.1) is 9.82 Å². The van der Waals surface area contributed by atoms with E-state index in [-0.39, 0.29) is 23.2 Å². The molecule has 156 valence electrons. The highest BCUT2D eigenvalue weighted by Gasteiger charge is 2.21. The highest BCUT2D eigenvalue weighted by Crippen LogP contribution is 2.22. The van der Waals surface area contributed by atoms with Gasteiger partial charge in [0, 0.05) is 31.8 Å². The molecule has 1 fully saturated rings. The summed E-state index contributed by atoms with van der Waals surface area (Å²) in [5.41, 5.74) is 0.962. The van der Waals surface area contributed by atoms with Crippen molar-refractivity contribution in [2.24, 2.45) is 0 Å². The van der Waals surface area contributed by atoms with Crippen molar-refractivity contribution in [2.75, 3.05) is 20.1 Å². The van der Waals surface area contributed by atoms with Crippen LogP contribution in [0.5, 0.6) is 5.75 Å². The highest BCUT2D eigenvalue weighted by molar-refractivity contribution is 7.89. The molecule has 1 aliphatic rings. The summed E-state index contributed by atoms with van der Waals surface area (Å²) in [6, 6.07) is 11.1. The molecule has 0 atom stereocenters. The Bertz CT molecular complexity index is 968. The maximum atomic E-state index is 12.6. The molecule has 0 aromatic heterocycles. The third kappa shape index (κ3) is 5.53. The molecule has 0 saturated carbocycles. The Balaban J connectivity index is 1.62. The number of hydrogen-bond acceptors (Lipinski definition) is 6. The number of ether oxygens (including phenoxy) is 1. The van der Waals surface area contributed by atoms with Crippen LogP contribution in [0.15, 0.2) is 47.4 Å². The van der Waals surface area contributed by atoms with Crippen LogP contribution < -0.4 is 9.46 Å². The number of likely N-dealkylation sites (tertiary alicyclic amines) is 1. The van der Waals surface area contributed by atoms with E-state index in [0.29, 0.717) is 5.56 Å². The van der Waals surface area contributed by atoms with Crippen molar-refractivity contribution < 1.29 is 18.1 Å². The van der Waals surface area contributed by atoms with E-state index >= 15 is 0 Å². The first kappa shape index (κ1) is 21.2. The molecule has 2 aromatic rings. The SMILES string of the molecule is Cc1ccc([N+](=O)[O-])cc1S(=O)(=O)NCc1ccc(OC2CCN(C)CC2)cc1. The smallest absolute Gasteiger partial charge is 0.270 e. The van der Waals surface area contributed by atoms with E-state index in [0.717, 1.165) is 43.3 Å². The minimum atomic E-state index is -3.87. The number of piperidine rings is 1. The molecular weight excluding hydrogens is 394 g/mol. The minimum absolute atomic E-state index is 0.0823. The Labute approximate surface area is 170 Å². The number of nitrogens with one attached hydrogen (secondary N) is 1. The Morgan fingerprint density at radius 1 is 1.17 bits per heavy atom. The van der Waals surface area contributed by atoms with E-state index in [2.05, 4.69) is 16.7 Å². The number of nitro benzene ring substituents is 1. The monoisotopic (exact) mass is 419 g/mol. The molecule has 1 saturated heterocycles. The highest BCUT2D eigenvalue weighted by atomic mass is 32.2. The number of non-ortho nitro benzene ring substituents is 1. The zero-order valence-corrected chi connectivity index (χ0v) is 17.3. The van der Waals surface area contributed by atoms with Gasteiger partial charge in [-0.15, -0.1) is 0 Å². The topological polar surface area (TPSA) is 102 Å². The molecule has 29 heavy (non-hydrogen) atoms. The summed E-state index contributed by atoms with van der Waals surface area (Å²) < 4.78 is 33.7. The van der Waals surface area contributed by atoms with Gasteiger partial charge in [0.25, 0.3) is 5.69 Å². The van der Waals surface area contributed by atoms with Gasteiger partial charge >= 0.3 is 0 Å². The molecule has 0 radical (unpaired) electrons. The van der Waals surface area contributed by atoms with Crippen LogP contribution in [-0.2, 0) is 16.6 Å². The molecule has 1 aliphatic heterocycles. The molecule has 0 aliphatic carbocycles. The lowest BCUT2D eigenvalue weighted by Crippen LogP contribution is -2.35. The summed E-state index contributed by atoms with van der Waals surface area (Å²) in [5.74, 6) is 0.765. The fraction of sp³-hybridized carbons (Fsp3) is 0.400. The number of hydrogen-bond donors (Lipinski definition) is 1. The van der Waals surface area contributed by atoms with Crippen molar-refractivity contribution in [3.8, 4) is 5.75 Å². The normalized spacial score (nSPS) is 15.9. The van der Waals surface area contributed by atoms with Crippen LogP contribution in [0, 0.1) is 17.0 Å². The van der Waals surface area contributed by atoms with Crippen molar-refractivity contribution >= 4 is 15.7 Å². The van der Waals surface area contributed by atoms with Gasteiger partial charge in [-0.3, -0.25) is 10.1 Å². The van der Waals surface area contributed by atoms with Gasteiger partial charge in [0.1, 0.15) is 11.9 Å². The fourth-order valence-corrected chi connectivity index (χ4v) is 4.51. The molecule has 8 nitrogen and oxygen atoms in total. The van der Waals surface area contributed by atoms with Crippen molar-refractivity contribution in [2.45, 2.75) is 37.3 Å². The van der Waals surface area contributed by atoms with E-state index in [4.69, 9.17) is 4.74 Å². The van der Waals surface area contributed by atoms with E-state index in [1.807, 2.05) is 24.3 Å². The van der Waals surface area contributed by atoms with E-state index in [1.165, 1.54) is 12.1 Å². The number of nitrogens with zero attached hydrogens (tertiary/aromatic N) is 2. The van der Waals surface area contributed by atoms with Crippen molar-refractivity contribution in [3.05, 3.63) is 63.7 Å². The third-order valence-corrected chi connectivity index (χ3v) is 6.57. The first-order chi connectivity index (χ1) is 13.7. The fourth-order valence-electron chi connectivity index (χ4n) is 3.23.